The highest BCUT2D eigenvalue weighted by atomic mass is 32.2. The van der Waals surface area contributed by atoms with Crippen molar-refractivity contribution in [1.29, 1.82) is 0 Å². The van der Waals surface area contributed by atoms with Gasteiger partial charge in [-0.15, -0.1) is 0 Å². The molecule has 132 valence electrons. The van der Waals surface area contributed by atoms with E-state index >= 15 is 0 Å². The summed E-state index contributed by atoms with van der Waals surface area (Å²) in [6.07, 6.45) is 1.06. The molecule has 0 saturated carbocycles. The van der Waals surface area contributed by atoms with Crippen molar-refractivity contribution < 1.29 is 13.2 Å². The van der Waals surface area contributed by atoms with Crippen molar-refractivity contribution in [2.45, 2.75) is 24.7 Å². The van der Waals surface area contributed by atoms with Crippen LogP contribution >= 0.6 is 0 Å². The number of rotatable bonds is 6. The summed E-state index contributed by atoms with van der Waals surface area (Å²) in [6, 6.07) is 14.9. The van der Waals surface area contributed by atoms with Crippen molar-refractivity contribution in [2.75, 3.05) is 18.5 Å². The summed E-state index contributed by atoms with van der Waals surface area (Å²) in [5.74, 6) is 0.160. The fourth-order valence-corrected chi connectivity index (χ4v) is 4.25. The summed E-state index contributed by atoms with van der Waals surface area (Å²) >= 11 is 0. The summed E-state index contributed by atoms with van der Waals surface area (Å²) in [6.45, 7) is 2.39. The molecule has 0 radical (unpaired) electrons. The van der Waals surface area contributed by atoms with Gasteiger partial charge in [-0.25, -0.2) is 13.1 Å². The van der Waals surface area contributed by atoms with Crippen LogP contribution in [0.4, 0.5) is 5.69 Å². The summed E-state index contributed by atoms with van der Waals surface area (Å²) in [5, 5.41) is 0. The summed E-state index contributed by atoms with van der Waals surface area (Å²) in [7, 11) is -1.88. The maximum Gasteiger partial charge on any atom is 0.240 e. The second-order valence-electron chi connectivity index (χ2n) is 6.57. The van der Waals surface area contributed by atoms with Gasteiger partial charge >= 0.3 is 0 Å². The van der Waals surface area contributed by atoms with E-state index in [-0.39, 0.29) is 23.1 Å². The first-order chi connectivity index (χ1) is 11.9. The zero-order valence-electron chi connectivity index (χ0n) is 14.4. The Morgan fingerprint density at radius 1 is 1.16 bits per heavy atom. The van der Waals surface area contributed by atoms with Crippen LogP contribution in [-0.2, 0) is 27.7 Å². The molecule has 25 heavy (non-hydrogen) atoms. The smallest absolute Gasteiger partial charge is 0.240 e. The fourth-order valence-electron chi connectivity index (χ4n) is 3.04. The average molecular weight is 358 g/mol. The minimum absolute atomic E-state index is 0.0195. The third kappa shape index (κ3) is 3.91. The molecule has 1 amide bonds. The quantitative estimate of drug-likeness (QED) is 0.862. The minimum atomic E-state index is -3.58. The van der Waals surface area contributed by atoms with Crippen LogP contribution in [-0.4, -0.2) is 27.9 Å². The number of hydrogen-bond acceptors (Lipinski definition) is 3. The number of fused-ring (bicyclic) bond motifs is 1. The number of anilines is 1. The molecule has 6 heteroatoms. The van der Waals surface area contributed by atoms with Crippen molar-refractivity contribution >= 4 is 21.6 Å². The predicted octanol–water partition coefficient (Wildman–Crippen LogP) is 2.36. The summed E-state index contributed by atoms with van der Waals surface area (Å²) in [5.41, 5.74) is 2.72. The lowest BCUT2D eigenvalue weighted by molar-refractivity contribution is -0.117. The Bertz CT molecular complexity index is 879. The lowest BCUT2D eigenvalue weighted by Gasteiger charge is -2.14. The molecular formula is C19H22N2O3S. The Hall–Kier alpha value is -2.18. The van der Waals surface area contributed by atoms with E-state index in [1.807, 2.05) is 37.3 Å². The van der Waals surface area contributed by atoms with Gasteiger partial charge in [-0.2, -0.15) is 0 Å². The first-order valence-electron chi connectivity index (χ1n) is 8.30. The van der Waals surface area contributed by atoms with Crippen molar-refractivity contribution in [3.05, 3.63) is 59.7 Å². The van der Waals surface area contributed by atoms with Gasteiger partial charge in [-0.1, -0.05) is 37.3 Å². The number of benzene rings is 2. The van der Waals surface area contributed by atoms with Gasteiger partial charge < -0.3 is 4.90 Å². The van der Waals surface area contributed by atoms with E-state index in [2.05, 4.69) is 4.72 Å². The molecule has 0 aromatic heterocycles. The van der Waals surface area contributed by atoms with E-state index in [4.69, 9.17) is 0 Å². The Balaban J connectivity index is 1.66. The molecule has 1 N–H and O–H groups in total. The zero-order valence-corrected chi connectivity index (χ0v) is 15.2. The second-order valence-corrected chi connectivity index (χ2v) is 8.33. The molecule has 1 aliphatic rings. The van der Waals surface area contributed by atoms with Crippen LogP contribution in [0.3, 0.4) is 0 Å². The molecule has 0 aliphatic carbocycles. The molecule has 1 aliphatic heterocycles. The first-order valence-corrected chi connectivity index (χ1v) is 9.78. The normalized spacial score (nSPS) is 15.3. The van der Waals surface area contributed by atoms with Gasteiger partial charge in [0.25, 0.3) is 0 Å². The number of amides is 1. The number of carbonyl (C=O) groups is 1. The highest BCUT2D eigenvalue weighted by Gasteiger charge is 2.26. The van der Waals surface area contributed by atoms with Crippen LogP contribution in [0.5, 0.6) is 0 Å². The molecule has 0 fully saturated rings. The average Bonchev–Trinajstić information content (AvgIpc) is 2.88. The van der Waals surface area contributed by atoms with Crippen molar-refractivity contribution in [1.82, 2.24) is 4.72 Å². The van der Waals surface area contributed by atoms with Crippen LogP contribution in [0.25, 0.3) is 0 Å². The van der Waals surface area contributed by atoms with E-state index in [1.165, 1.54) is 5.56 Å². The standard InChI is InChI=1S/C19H22N2O3S/c1-14(10-15-6-4-3-5-7-15)13-20-25(23,24)17-8-9-18-16(11-17)12-19(22)21(18)2/h3-9,11,14,20H,10,12-13H2,1-2H3. The van der Waals surface area contributed by atoms with Gasteiger partial charge in [0.15, 0.2) is 0 Å². The number of carbonyl (C=O) groups excluding carboxylic acids is 1. The zero-order chi connectivity index (χ0) is 18.0. The van der Waals surface area contributed by atoms with Gasteiger partial charge in [0.2, 0.25) is 15.9 Å². The maximum atomic E-state index is 12.5. The van der Waals surface area contributed by atoms with E-state index in [1.54, 1.807) is 30.1 Å². The molecule has 1 unspecified atom stereocenters. The highest BCUT2D eigenvalue weighted by Crippen LogP contribution is 2.29. The number of nitrogens with one attached hydrogen (secondary N) is 1. The fraction of sp³-hybridized carbons (Fsp3) is 0.316. The van der Waals surface area contributed by atoms with Crippen molar-refractivity contribution in [3.8, 4) is 0 Å². The topological polar surface area (TPSA) is 66.5 Å². The molecule has 2 aromatic carbocycles. The summed E-state index contributed by atoms with van der Waals surface area (Å²) in [4.78, 5) is 13.5. The van der Waals surface area contributed by atoms with E-state index in [0.717, 1.165) is 17.7 Å². The van der Waals surface area contributed by atoms with Crippen LogP contribution < -0.4 is 9.62 Å². The number of nitrogens with zero attached hydrogens (tertiary/aromatic N) is 1. The molecule has 2 aromatic rings. The maximum absolute atomic E-state index is 12.5. The predicted molar refractivity (Wildman–Crippen MR) is 98.1 cm³/mol. The van der Waals surface area contributed by atoms with Gasteiger partial charge in [0, 0.05) is 19.3 Å². The highest BCUT2D eigenvalue weighted by molar-refractivity contribution is 7.89. The molecular weight excluding hydrogens is 336 g/mol. The second kappa shape index (κ2) is 6.98. The van der Waals surface area contributed by atoms with E-state index < -0.39 is 10.0 Å². The largest absolute Gasteiger partial charge is 0.315 e. The lowest BCUT2D eigenvalue weighted by Crippen LogP contribution is -2.29. The van der Waals surface area contributed by atoms with Gasteiger partial charge in [-0.05, 0) is 41.7 Å². The Morgan fingerprint density at radius 2 is 1.88 bits per heavy atom. The molecule has 1 atom stereocenters. The van der Waals surface area contributed by atoms with Gasteiger partial charge in [0.1, 0.15) is 0 Å². The van der Waals surface area contributed by atoms with Crippen LogP contribution in [0.15, 0.2) is 53.4 Å². The first kappa shape index (κ1) is 17.6. The number of likely N-dealkylation sites (N-methyl/N-ethyl adjacent to an activating group) is 1. The Morgan fingerprint density at radius 3 is 2.60 bits per heavy atom. The SMILES string of the molecule is CC(CNS(=O)(=O)c1ccc2c(c1)CC(=O)N2C)Cc1ccccc1. The van der Waals surface area contributed by atoms with Gasteiger partial charge in [-0.3, -0.25) is 4.79 Å². The van der Waals surface area contributed by atoms with E-state index in [9.17, 15) is 13.2 Å². The molecule has 0 spiro atoms. The van der Waals surface area contributed by atoms with Crippen LogP contribution in [0.1, 0.15) is 18.1 Å². The minimum Gasteiger partial charge on any atom is -0.315 e. The summed E-state index contributed by atoms with van der Waals surface area (Å²) < 4.78 is 27.8. The Labute approximate surface area is 148 Å². The number of sulfonamides is 1. The third-order valence-corrected chi connectivity index (χ3v) is 5.91. The van der Waals surface area contributed by atoms with Gasteiger partial charge in [0.05, 0.1) is 11.3 Å². The molecule has 1 heterocycles. The van der Waals surface area contributed by atoms with E-state index in [0.29, 0.717) is 6.54 Å². The molecule has 5 nitrogen and oxygen atoms in total. The lowest BCUT2D eigenvalue weighted by atomic mass is 10.0. The monoisotopic (exact) mass is 358 g/mol. The molecule has 3 rings (SSSR count). The van der Waals surface area contributed by atoms with Crippen molar-refractivity contribution in [3.63, 3.8) is 0 Å². The molecule has 0 bridgehead atoms. The van der Waals surface area contributed by atoms with Crippen LogP contribution in [0, 0.1) is 5.92 Å². The third-order valence-electron chi connectivity index (χ3n) is 4.49. The van der Waals surface area contributed by atoms with Crippen LogP contribution in [0.2, 0.25) is 0 Å². The molecule has 0 saturated heterocycles. The number of hydrogen-bond donors (Lipinski definition) is 1. The van der Waals surface area contributed by atoms with Crippen molar-refractivity contribution in [2.24, 2.45) is 5.92 Å². The Kier molecular flexibility index (Phi) is 4.92.